The molecule has 1 aromatic rings. The molecule has 0 aliphatic rings. The van der Waals surface area contributed by atoms with Gasteiger partial charge in [0, 0.05) is 7.05 Å². The molecule has 13 heavy (non-hydrogen) atoms. The van der Waals surface area contributed by atoms with Gasteiger partial charge in [0.25, 0.3) is 5.91 Å². The van der Waals surface area contributed by atoms with Gasteiger partial charge in [-0.05, 0) is 0 Å². The Morgan fingerprint density at radius 3 is 3.08 bits per heavy atom. The van der Waals surface area contributed by atoms with Crippen LogP contribution in [0, 0.1) is 0 Å². The van der Waals surface area contributed by atoms with Crippen molar-refractivity contribution < 1.29 is 9.90 Å². The largest absolute Gasteiger partial charge is 0.377 e. The zero-order valence-electron chi connectivity index (χ0n) is 7.14. The van der Waals surface area contributed by atoms with E-state index in [1.54, 1.807) is 0 Å². The van der Waals surface area contributed by atoms with Crippen LogP contribution in [0.2, 0.25) is 0 Å². The first-order valence-corrected chi connectivity index (χ1v) is 3.68. The van der Waals surface area contributed by atoms with E-state index in [1.807, 2.05) is 0 Å². The summed E-state index contributed by atoms with van der Waals surface area (Å²) in [6, 6.07) is 0. The van der Waals surface area contributed by atoms with Gasteiger partial charge in [-0.3, -0.25) is 4.79 Å². The smallest absolute Gasteiger partial charge is 0.254 e. The third-order valence-corrected chi connectivity index (χ3v) is 1.52. The third kappa shape index (κ3) is 2.01. The Kier molecular flexibility index (Phi) is 2.93. The summed E-state index contributed by atoms with van der Waals surface area (Å²) in [5.41, 5.74) is 5.44. The summed E-state index contributed by atoms with van der Waals surface area (Å²) in [7, 11) is 1.43. The SMILES string of the molecule is CNC(=O)C(O)c1cn(CN)nn1. The van der Waals surface area contributed by atoms with Gasteiger partial charge in [-0.15, -0.1) is 5.10 Å². The molecule has 0 bridgehead atoms. The Bertz CT molecular complexity index is 297. The molecule has 0 aromatic carbocycles. The molecule has 1 atom stereocenters. The van der Waals surface area contributed by atoms with Crippen molar-refractivity contribution in [1.29, 1.82) is 0 Å². The number of carbonyl (C=O) groups excluding carboxylic acids is 1. The number of amides is 1. The standard InChI is InChI=1S/C6H11N5O2/c1-8-6(13)5(12)4-2-11(3-7)10-9-4/h2,5,12H,3,7H2,1H3,(H,8,13). The number of carbonyl (C=O) groups is 1. The molecule has 1 aromatic heterocycles. The number of aromatic nitrogens is 3. The van der Waals surface area contributed by atoms with Crippen molar-refractivity contribution >= 4 is 5.91 Å². The van der Waals surface area contributed by atoms with E-state index in [2.05, 4.69) is 15.6 Å². The maximum absolute atomic E-state index is 10.9. The van der Waals surface area contributed by atoms with Crippen molar-refractivity contribution in [2.75, 3.05) is 7.05 Å². The molecule has 1 amide bonds. The Balaban J connectivity index is 2.76. The molecular weight excluding hydrogens is 174 g/mol. The lowest BCUT2D eigenvalue weighted by atomic mass is 10.2. The lowest BCUT2D eigenvalue weighted by molar-refractivity contribution is -0.129. The molecule has 1 heterocycles. The average Bonchev–Trinajstić information content (AvgIpc) is 2.63. The van der Waals surface area contributed by atoms with Crippen LogP contribution in [-0.2, 0) is 11.5 Å². The summed E-state index contributed by atoms with van der Waals surface area (Å²) in [5, 5.41) is 18.8. The second kappa shape index (κ2) is 3.97. The van der Waals surface area contributed by atoms with Crippen molar-refractivity contribution in [2.24, 2.45) is 5.73 Å². The van der Waals surface area contributed by atoms with E-state index in [9.17, 15) is 9.90 Å². The van der Waals surface area contributed by atoms with Gasteiger partial charge in [-0.1, -0.05) is 5.21 Å². The highest BCUT2D eigenvalue weighted by atomic mass is 16.3. The maximum Gasteiger partial charge on any atom is 0.254 e. The molecular formula is C6H11N5O2. The van der Waals surface area contributed by atoms with Gasteiger partial charge in [0.1, 0.15) is 5.69 Å². The van der Waals surface area contributed by atoms with Gasteiger partial charge in [-0.2, -0.15) is 0 Å². The maximum atomic E-state index is 10.9. The van der Waals surface area contributed by atoms with E-state index < -0.39 is 12.0 Å². The minimum absolute atomic E-state index is 0.160. The van der Waals surface area contributed by atoms with Gasteiger partial charge >= 0.3 is 0 Å². The van der Waals surface area contributed by atoms with Crippen LogP contribution in [0.4, 0.5) is 0 Å². The minimum atomic E-state index is -1.29. The van der Waals surface area contributed by atoms with Gasteiger partial charge in [0.2, 0.25) is 0 Å². The molecule has 7 heteroatoms. The fourth-order valence-corrected chi connectivity index (χ4v) is 0.799. The molecule has 72 valence electrons. The van der Waals surface area contributed by atoms with Gasteiger partial charge in [0.15, 0.2) is 6.10 Å². The van der Waals surface area contributed by atoms with Crippen molar-refractivity contribution in [1.82, 2.24) is 20.3 Å². The Morgan fingerprint density at radius 1 is 1.92 bits per heavy atom. The first kappa shape index (κ1) is 9.62. The topological polar surface area (TPSA) is 106 Å². The lowest BCUT2D eigenvalue weighted by Gasteiger charge is -2.03. The summed E-state index contributed by atoms with van der Waals surface area (Å²) in [5.74, 6) is -0.524. The summed E-state index contributed by atoms with van der Waals surface area (Å²) in [6.07, 6.45) is 0.130. The molecule has 0 saturated heterocycles. The number of nitrogens with one attached hydrogen (secondary N) is 1. The van der Waals surface area contributed by atoms with Crippen LogP contribution in [0.15, 0.2) is 6.20 Å². The summed E-state index contributed by atoms with van der Waals surface area (Å²) in [4.78, 5) is 10.9. The lowest BCUT2D eigenvalue weighted by Crippen LogP contribution is -2.25. The highest BCUT2D eigenvalue weighted by Crippen LogP contribution is 2.07. The number of nitrogens with zero attached hydrogens (tertiary/aromatic N) is 3. The molecule has 0 saturated carbocycles. The van der Waals surface area contributed by atoms with Gasteiger partial charge in [0.05, 0.1) is 12.9 Å². The van der Waals surface area contributed by atoms with E-state index in [0.29, 0.717) is 0 Å². The van der Waals surface area contributed by atoms with Crippen molar-refractivity contribution in [3.63, 3.8) is 0 Å². The number of nitrogens with two attached hydrogens (primary N) is 1. The normalized spacial score (nSPS) is 12.5. The molecule has 0 spiro atoms. The average molecular weight is 185 g/mol. The number of aliphatic hydroxyl groups is 1. The minimum Gasteiger partial charge on any atom is -0.377 e. The van der Waals surface area contributed by atoms with Crippen molar-refractivity contribution in [2.45, 2.75) is 12.8 Å². The quantitative estimate of drug-likeness (QED) is 0.503. The second-order valence-corrected chi connectivity index (χ2v) is 2.38. The van der Waals surface area contributed by atoms with Crippen LogP contribution in [0.25, 0.3) is 0 Å². The fourth-order valence-electron chi connectivity index (χ4n) is 0.799. The second-order valence-electron chi connectivity index (χ2n) is 2.38. The predicted octanol–water partition coefficient (Wildman–Crippen LogP) is -2.03. The number of hydrogen-bond acceptors (Lipinski definition) is 5. The molecule has 4 N–H and O–H groups in total. The van der Waals surface area contributed by atoms with Crippen LogP contribution < -0.4 is 11.1 Å². The van der Waals surface area contributed by atoms with Crippen molar-refractivity contribution in [3.05, 3.63) is 11.9 Å². The summed E-state index contributed by atoms with van der Waals surface area (Å²) >= 11 is 0. The van der Waals surface area contributed by atoms with Crippen LogP contribution in [0.5, 0.6) is 0 Å². The van der Waals surface area contributed by atoms with Gasteiger partial charge in [-0.25, -0.2) is 4.68 Å². The van der Waals surface area contributed by atoms with Crippen LogP contribution >= 0.6 is 0 Å². The number of hydrogen-bond donors (Lipinski definition) is 3. The van der Waals surface area contributed by atoms with Crippen LogP contribution in [0.3, 0.4) is 0 Å². The van der Waals surface area contributed by atoms with E-state index >= 15 is 0 Å². The van der Waals surface area contributed by atoms with E-state index in [1.165, 1.54) is 17.9 Å². The van der Waals surface area contributed by atoms with Crippen LogP contribution in [0.1, 0.15) is 11.8 Å². The molecule has 0 radical (unpaired) electrons. The monoisotopic (exact) mass is 185 g/mol. The van der Waals surface area contributed by atoms with Crippen molar-refractivity contribution in [3.8, 4) is 0 Å². The Labute approximate surface area is 74.5 Å². The predicted molar refractivity (Wildman–Crippen MR) is 43.2 cm³/mol. The summed E-state index contributed by atoms with van der Waals surface area (Å²) < 4.78 is 1.32. The number of aliphatic hydroxyl groups excluding tert-OH is 1. The Hall–Kier alpha value is -1.47. The van der Waals surface area contributed by atoms with Crippen LogP contribution in [-0.4, -0.2) is 33.1 Å². The van der Waals surface area contributed by atoms with E-state index in [0.717, 1.165) is 0 Å². The Morgan fingerprint density at radius 2 is 2.62 bits per heavy atom. The third-order valence-electron chi connectivity index (χ3n) is 1.52. The van der Waals surface area contributed by atoms with Gasteiger partial charge < -0.3 is 16.2 Å². The zero-order valence-corrected chi connectivity index (χ0v) is 7.14. The van der Waals surface area contributed by atoms with E-state index in [-0.39, 0.29) is 12.4 Å². The highest BCUT2D eigenvalue weighted by molar-refractivity contribution is 5.80. The first-order valence-electron chi connectivity index (χ1n) is 3.68. The number of likely N-dealkylation sites (N-methyl/N-ethyl adjacent to an activating group) is 1. The zero-order chi connectivity index (χ0) is 9.84. The molecule has 7 nitrogen and oxygen atoms in total. The van der Waals surface area contributed by atoms with E-state index in [4.69, 9.17) is 5.73 Å². The first-order chi connectivity index (χ1) is 6.19. The highest BCUT2D eigenvalue weighted by Gasteiger charge is 2.18. The molecule has 0 aliphatic carbocycles. The molecule has 1 unspecified atom stereocenters. The fraction of sp³-hybridized carbons (Fsp3) is 0.500. The number of rotatable bonds is 3. The molecule has 1 rings (SSSR count). The molecule has 0 aliphatic heterocycles. The summed E-state index contributed by atoms with van der Waals surface area (Å²) in [6.45, 7) is 0.160. The molecule has 0 fully saturated rings.